The molecule has 6 nitrogen and oxygen atoms in total. The van der Waals surface area contributed by atoms with E-state index in [2.05, 4.69) is 4.98 Å². The maximum absolute atomic E-state index is 13.8. The highest BCUT2D eigenvalue weighted by Crippen LogP contribution is 2.43. The van der Waals surface area contributed by atoms with Crippen molar-refractivity contribution in [2.75, 3.05) is 26.2 Å². The van der Waals surface area contributed by atoms with E-state index in [1.54, 1.807) is 17.3 Å². The van der Waals surface area contributed by atoms with Crippen LogP contribution in [0.2, 0.25) is 0 Å². The quantitative estimate of drug-likeness (QED) is 0.614. The Labute approximate surface area is 191 Å². The Balaban J connectivity index is 1.48. The van der Waals surface area contributed by atoms with Crippen LogP contribution in [0.15, 0.2) is 66.3 Å². The Morgan fingerprint density at radius 2 is 2.09 bits per heavy atom. The molecule has 164 valence electrons. The second-order valence-electron chi connectivity index (χ2n) is 8.46. The molecule has 5 rings (SSSR count). The molecule has 32 heavy (non-hydrogen) atoms. The van der Waals surface area contributed by atoms with E-state index in [1.807, 2.05) is 65.7 Å². The van der Waals surface area contributed by atoms with E-state index in [0.29, 0.717) is 31.1 Å². The summed E-state index contributed by atoms with van der Waals surface area (Å²) in [4.78, 5) is 35.6. The van der Waals surface area contributed by atoms with Gasteiger partial charge in [-0.1, -0.05) is 36.4 Å². The summed E-state index contributed by atoms with van der Waals surface area (Å²) in [5.74, 6) is -0.250. The molecule has 3 aromatic rings. The van der Waals surface area contributed by atoms with Crippen molar-refractivity contribution in [2.45, 2.75) is 25.0 Å². The largest absolute Gasteiger partial charge is 0.361 e. The van der Waals surface area contributed by atoms with Gasteiger partial charge in [-0.2, -0.15) is 0 Å². The molecule has 2 fully saturated rings. The number of carbonyl (C=O) groups is 2. The molecule has 2 saturated heterocycles. The number of hydrogen-bond acceptors (Lipinski definition) is 5. The molecule has 4 heterocycles. The lowest BCUT2D eigenvalue weighted by atomic mass is 9.83. The number of rotatable bonds is 4. The topological polar surface area (TPSA) is 62.7 Å². The number of pyridine rings is 1. The van der Waals surface area contributed by atoms with Gasteiger partial charge in [-0.25, -0.2) is 0 Å². The average Bonchev–Trinajstić information content (AvgIpc) is 3.37. The molecule has 2 aliphatic rings. The minimum Gasteiger partial charge on any atom is -0.361 e. The fraction of sp³-hybridized carbons (Fsp3) is 0.320. The predicted octanol–water partition coefficient (Wildman–Crippen LogP) is 3.49. The lowest BCUT2D eigenvalue weighted by Crippen LogP contribution is -2.59. The van der Waals surface area contributed by atoms with E-state index in [4.69, 9.17) is 4.74 Å². The van der Waals surface area contributed by atoms with Gasteiger partial charge in [-0.15, -0.1) is 11.3 Å². The third-order valence-corrected chi connectivity index (χ3v) is 7.32. The zero-order valence-corrected chi connectivity index (χ0v) is 18.8. The number of hydrogen-bond donors (Lipinski definition) is 0. The summed E-state index contributed by atoms with van der Waals surface area (Å²) >= 11 is 1.45. The van der Waals surface area contributed by atoms with Gasteiger partial charge in [0, 0.05) is 37.9 Å². The number of thiophene rings is 1. The molecule has 1 aromatic carbocycles. The van der Waals surface area contributed by atoms with Crippen molar-refractivity contribution in [2.24, 2.45) is 0 Å². The molecule has 2 unspecified atom stereocenters. The second-order valence-corrected chi connectivity index (χ2v) is 9.37. The molecule has 2 atom stereocenters. The Hall–Kier alpha value is -3.03. The van der Waals surface area contributed by atoms with Gasteiger partial charge in [-0.3, -0.25) is 14.6 Å². The smallest absolute Gasteiger partial charge is 0.264 e. The van der Waals surface area contributed by atoms with Crippen molar-refractivity contribution >= 4 is 23.2 Å². The monoisotopic (exact) mass is 447 g/mol. The van der Waals surface area contributed by atoms with Crippen molar-refractivity contribution in [1.82, 2.24) is 14.8 Å². The van der Waals surface area contributed by atoms with Gasteiger partial charge in [-0.05, 0) is 41.1 Å². The van der Waals surface area contributed by atoms with E-state index < -0.39 is 5.60 Å². The first-order chi connectivity index (χ1) is 15.6. The Bertz CT molecular complexity index is 1120. The van der Waals surface area contributed by atoms with Gasteiger partial charge < -0.3 is 14.5 Å². The zero-order valence-electron chi connectivity index (χ0n) is 17.9. The van der Waals surface area contributed by atoms with E-state index in [0.717, 1.165) is 16.7 Å². The van der Waals surface area contributed by atoms with Crippen LogP contribution in [-0.4, -0.2) is 58.4 Å². The number of morpholine rings is 1. The van der Waals surface area contributed by atoms with Crippen LogP contribution in [0.1, 0.15) is 32.3 Å². The molecular weight excluding hydrogens is 422 g/mol. The van der Waals surface area contributed by atoms with Gasteiger partial charge >= 0.3 is 0 Å². The lowest BCUT2D eigenvalue weighted by molar-refractivity contribution is -0.160. The summed E-state index contributed by atoms with van der Waals surface area (Å²) in [6.45, 7) is 4.07. The van der Waals surface area contributed by atoms with E-state index in [9.17, 15) is 9.59 Å². The summed E-state index contributed by atoms with van der Waals surface area (Å²) in [6.07, 6.45) is 3.51. The first-order valence-electron chi connectivity index (χ1n) is 10.8. The number of amides is 2. The van der Waals surface area contributed by atoms with Gasteiger partial charge in [0.15, 0.2) is 5.60 Å². The van der Waals surface area contributed by atoms with Crippen LogP contribution in [0.3, 0.4) is 0 Å². The standard InChI is InChI=1S/C25H25N3O3S/c1-18-12-22(32-16-18)23(29)27-10-11-31-25(17-27)21(20-7-3-2-4-8-20)15-28(24(25)30)14-19-6-5-9-26-13-19/h2-9,12-13,16,21H,10-11,14-15,17H2,1H3. The van der Waals surface area contributed by atoms with Gasteiger partial charge in [0.2, 0.25) is 0 Å². The Morgan fingerprint density at radius 3 is 2.81 bits per heavy atom. The molecule has 2 aliphatic heterocycles. The van der Waals surface area contributed by atoms with Crippen LogP contribution in [0.25, 0.3) is 0 Å². The van der Waals surface area contributed by atoms with Crippen LogP contribution < -0.4 is 0 Å². The summed E-state index contributed by atoms with van der Waals surface area (Å²) < 4.78 is 6.30. The Morgan fingerprint density at radius 1 is 1.25 bits per heavy atom. The molecule has 0 aliphatic carbocycles. The molecule has 7 heteroatoms. The number of aromatic nitrogens is 1. The zero-order chi connectivity index (χ0) is 22.1. The van der Waals surface area contributed by atoms with Gasteiger partial charge in [0.05, 0.1) is 18.0 Å². The van der Waals surface area contributed by atoms with Crippen LogP contribution in [0.4, 0.5) is 0 Å². The molecule has 2 amide bonds. The maximum Gasteiger partial charge on any atom is 0.264 e. The molecular formula is C25H25N3O3S. The predicted molar refractivity (Wildman–Crippen MR) is 122 cm³/mol. The normalized spacial score (nSPS) is 23.2. The fourth-order valence-electron chi connectivity index (χ4n) is 4.73. The number of aryl methyl sites for hydroxylation is 1. The minimum absolute atomic E-state index is 0.0314. The van der Waals surface area contributed by atoms with E-state index in [1.165, 1.54) is 11.3 Å². The van der Waals surface area contributed by atoms with Crippen molar-refractivity contribution in [1.29, 1.82) is 0 Å². The van der Waals surface area contributed by atoms with Gasteiger partial charge in [0.25, 0.3) is 11.8 Å². The van der Waals surface area contributed by atoms with Crippen LogP contribution in [0.5, 0.6) is 0 Å². The first kappa shape index (κ1) is 20.8. The minimum atomic E-state index is -1.08. The highest BCUT2D eigenvalue weighted by molar-refractivity contribution is 7.12. The summed E-state index contributed by atoms with van der Waals surface area (Å²) in [7, 11) is 0. The molecule has 0 N–H and O–H groups in total. The van der Waals surface area contributed by atoms with Crippen LogP contribution in [0, 0.1) is 6.92 Å². The number of benzene rings is 1. The molecule has 2 aromatic heterocycles. The SMILES string of the molecule is Cc1csc(C(=O)N2CCOC3(C2)C(=O)N(Cc2cccnc2)CC3c2ccccc2)c1. The Kier molecular flexibility index (Phi) is 5.53. The number of nitrogens with zero attached hydrogens (tertiary/aromatic N) is 3. The first-order valence-corrected chi connectivity index (χ1v) is 11.7. The van der Waals surface area contributed by atoms with Crippen molar-refractivity contribution in [3.8, 4) is 0 Å². The molecule has 0 saturated carbocycles. The van der Waals surface area contributed by atoms with E-state index in [-0.39, 0.29) is 24.3 Å². The number of carbonyl (C=O) groups excluding carboxylic acids is 2. The van der Waals surface area contributed by atoms with Gasteiger partial charge in [0.1, 0.15) is 0 Å². The van der Waals surface area contributed by atoms with Crippen molar-refractivity contribution in [3.05, 3.63) is 87.9 Å². The highest BCUT2D eigenvalue weighted by atomic mass is 32.1. The molecule has 0 radical (unpaired) electrons. The van der Waals surface area contributed by atoms with E-state index >= 15 is 0 Å². The third kappa shape index (κ3) is 3.72. The third-order valence-electron chi connectivity index (χ3n) is 6.29. The van der Waals surface area contributed by atoms with Crippen LogP contribution >= 0.6 is 11.3 Å². The highest BCUT2D eigenvalue weighted by Gasteiger charge is 2.58. The maximum atomic E-state index is 13.8. The van der Waals surface area contributed by atoms with Crippen LogP contribution in [-0.2, 0) is 16.1 Å². The summed E-state index contributed by atoms with van der Waals surface area (Å²) in [5.41, 5.74) is 2.02. The lowest BCUT2D eigenvalue weighted by Gasteiger charge is -2.42. The summed E-state index contributed by atoms with van der Waals surface area (Å²) in [6, 6.07) is 15.8. The fourth-order valence-corrected chi connectivity index (χ4v) is 5.60. The number of ether oxygens (including phenoxy) is 1. The molecule has 0 bridgehead atoms. The summed E-state index contributed by atoms with van der Waals surface area (Å²) in [5, 5.41) is 1.98. The van der Waals surface area contributed by atoms with Crippen molar-refractivity contribution in [3.63, 3.8) is 0 Å². The average molecular weight is 448 g/mol. The molecule has 1 spiro atoms. The van der Waals surface area contributed by atoms with Crippen molar-refractivity contribution < 1.29 is 14.3 Å². The number of likely N-dealkylation sites (tertiary alicyclic amines) is 1. The second kappa shape index (κ2) is 8.48.